The number of fused-ring (bicyclic) bond motifs is 4. The summed E-state index contributed by atoms with van der Waals surface area (Å²) in [7, 11) is 2.84. The van der Waals surface area contributed by atoms with Crippen LogP contribution in [0.3, 0.4) is 0 Å². The van der Waals surface area contributed by atoms with E-state index in [1.807, 2.05) is 6.92 Å². The zero-order chi connectivity index (χ0) is 26.5. The first-order valence-electron chi connectivity index (χ1n) is 12.3. The van der Waals surface area contributed by atoms with Gasteiger partial charge in [0.25, 0.3) is 0 Å². The maximum Gasteiger partial charge on any atom is 0.333 e. The lowest BCUT2D eigenvalue weighted by Crippen LogP contribution is -2.78. The Labute approximate surface area is 214 Å². The first-order valence-corrected chi connectivity index (χ1v) is 12.3. The van der Waals surface area contributed by atoms with Crippen molar-refractivity contribution in [3.63, 3.8) is 0 Å². The Morgan fingerprint density at radius 3 is 2.62 bits per heavy atom. The number of aliphatic hydroxyl groups is 1. The summed E-state index contributed by atoms with van der Waals surface area (Å²) >= 11 is 0. The van der Waals surface area contributed by atoms with Crippen LogP contribution < -0.4 is 14.2 Å². The van der Waals surface area contributed by atoms with E-state index in [2.05, 4.69) is 0 Å². The van der Waals surface area contributed by atoms with Gasteiger partial charge in [-0.25, -0.2) is 4.79 Å². The molecule has 2 spiro atoms. The fraction of sp³-hybridized carbons (Fsp3) is 0.556. The van der Waals surface area contributed by atoms with Gasteiger partial charge in [0.2, 0.25) is 24.1 Å². The number of hydrogen-bond acceptors (Lipinski definition) is 10. The number of ketones is 1. The average Bonchev–Trinajstić information content (AvgIpc) is 3.52. The van der Waals surface area contributed by atoms with Crippen molar-refractivity contribution in [1.82, 2.24) is 0 Å². The van der Waals surface area contributed by atoms with Crippen molar-refractivity contribution in [2.75, 3.05) is 27.6 Å². The van der Waals surface area contributed by atoms with Crippen LogP contribution >= 0.6 is 0 Å². The van der Waals surface area contributed by atoms with Gasteiger partial charge in [0.1, 0.15) is 29.0 Å². The van der Waals surface area contributed by atoms with Gasteiger partial charge in [-0.1, -0.05) is 13.0 Å². The Balaban J connectivity index is 1.69. The van der Waals surface area contributed by atoms with Crippen LogP contribution in [0, 0.1) is 5.92 Å². The second kappa shape index (κ2) is 7.64. The van der Waals surface area contributed by atoms with E-state index < -0.39 is 46.5 Å². The summed E-state index contributed by atoms with van der Waals surface area (Å²) in [4.78, 5) is 27.6. The third kappa shape index (κ3) is 2.67. The van der Waals surface area contributed by atoms with Crippen LogP contribution in [-0.4, -0.2) is 61.8 Å². The number of rotatable bonds is 4. The molecule has 4 aliphatic heterocycles. The van der Waals surface area contributed by atoms with E-state index in [1.165, 1.54) is 14.2 Å². The number of allylic oxidation sites excluding steroid dienone is 2. The van der Waals surface area contributed by atoms with Crippen molar-refractivity contribution in [1.29, 1.82) is 0 Å². The standard InChI is InChI=1S/C27H30O10/c1-7-12(2)23(29)36-24-25(4,30)13(3)18-14-8-15-19(35-11-34-15)21-17(14)26(10-33-21)22(28)20(32-6)16(31-5)9-27(24,26)37-18/h7-8,13,18,24,30H,9-11H2,1-6H3/b12-7-/t13-,18+,24+,25-,26-,27+/m0/s1. The molecule has 1 aliphatic carbocycles. The Morgan fingerprint density at radius 2 is 1.95 bits per heavy atom. The highest BCUT2D eigenvalue weighted by Gasteiger charge is 2.79. The molecule has 0 saturated carbocycles. The molecule has 37 heavy (non-hydrogen) atoms. The van der Waals surface area contributed by atoms with E-state index in [4.69, 9.17) is 33.2 Å². The summed E-state index contributed by atoms with van der Waals surface area (Å²) < 4.78 is 41.8. The quantitative estimate of drug-likeness (QED) is 0.474. The number of carbonyl (C=O) groups excluding carboxylic acids is 2. The molecule has 0 radical (unpaired) electrons. The van der Waals surface area contributed by atoms with Crippen molar-refractivity contribution in [3.05, 3.63) is 40.4 Å². The third-order valence-electron chi connectivity index (χ3n) is 8.91. The maximum atomic E-state index is 14.5. The molecule has 4 heterocycles. The Hall–Kier alpha value is -3.24. The lowest BCUT2D eigenvalue weighted by atomic mass is 9.50. The highest BCUT2D eigenvalue weighted by Crippen LogP contribution is 2.69. The van der Waals surface area contributed by atoms with E-state index in [1.54, 1.807) is 32.9 Å². The molecule has 5 aliphatic rings. The first kappa shape index (κ1) is 24.1. The Morgan fingerprint density at radius 1 is 1.19 bits per heavy atom. The summed E-state index contributed by atoms with van der Waals surface area (Å²) in [6.45, 7) is 6.68. The minimum Gasteiger partial charge on any atom is -0.497 e. The molecule has 6 atom stereocenters. The highest BCUT2D eigenvalue weighted by atomic mass is 16.7. The molecule has 1 aromatic rings. The van der Waals surface area contributed by atoms with Gasteiger partial charge in [0.05, 0.1) is 20.3 Å². The monoisotopic (exact) mass is 514 g/mol. The van der Waals surface area contributed by atoms with Crippen LogP contribution in [0.25, 0.3) is 0 Å². The summed E-state index contributed by atoms with van der Waals surface area (Å²) in [5, 5.41) is 12.1. The van der Waals surface area contributed by atoms with E-state index in [-0.39, 0.29) is 31.3 Å². The molecule has 1 N–H and O–H groups in total. The number of esters is 1. The normalized spacial score (nSPS) is 37.0. The van der Waals surface area contributed by atoms with Crippen LogP contribution in [0.1, 0.15) is 51.3 Å². The van der Waals surface area contributed by atoms with Gasteiger partial charge in [0.15, 0.2) is 17.6 Å². The van der Waals surface area contributed by atoms with E-state index in [9.17, 15) is 14.7 Å². The summed E-state index contributed by atoms with van der Waals surface area (Å²) in [5.41, 5.74) is -3.05. The zero-order valence-corrected chi connectivity index (χ0v) is 21.6. The van der Waals surface area contributed by atoms with Gasteiger partial charge in [-0.3, -0.25) is 4.79 Å². The molecular formula is C27H30O10. The lowest BCUT2D eigenvalue weighted by Gasteiger charge is -2.64. The number of Topliss-reactive ketones (excluding diaryl/α,β-unsaturated/α-hetero) is 1. The van der Waals surface area contributed by atoms with E-state index >= 15 is 0 Å². The van der Waals surface area contributed by atoms with Gasteiger partial charge >= 0.3 is 5.97 Å². The van der Waals surface area contributed by atoms with Gasteiger partial charge in [-0.05, 0) is 32.4 Å². The number of benzene rings is 1. The summed E-state index contributed by atoms with van der Waals surface area (Å²) in [6, 6.07) is 1.80. The van der Waals surface area contributed by atoms with Crippen molar-refractivity contribution >= 4 is 11.8 Å². The smallest absolute Gasteiger partial charge is 0.333 e. The van der Waals surface area contributed by atoms with Crippen LogP contribution in [0.2, 0.25) is 0 Å². The largest absolute Gasteiger partial charge is 0.497 e. The van der Waals surface area contributed by atoms with Gasteiger partial charge in [-0.15, -0.1) is 0 Å². The second-order valence-electron chi connectivity index (χ2n) is 10.5. The highest BCUT2D eigenvalue weighted by molar-refractivity contribution is 6.07. The Kier molecular flexibility index (Phi) is 4.98. The van der Waals surface area contributed by atoms with Gasteiger partial charge in [-0.2, -0.15) is 0 Å². The predicted molar refractivity (Wildman–Crippen MR) is 126 cm³/mol. The SMILES string of the molecule is C/C=C(/C)C(=O)O[C@@H]1[C@@](C)(O)[C@@H](C)[C@H]2O[C@]13CC(OC)=C(OC)C(=O)[C@@]31COc3c4c(cc2c31)OCO4. The van der Waals surface area contributed by atoms with Crippen LogP contribution in [0.15, 0.2) is 29.2 Å². The van der Waals surface area contributed by atoms with Crippen molar-refractivity contribution in [2.45, 2.75) is 62.9 Å². The van der Waals surface area contributed by atoms with Crippen molar-refractivity contribution in [3.8, 4) is 17.2 Å². The predicted octanol–water partition coefficient (Wildman–Crippen LogP) is 2.61. The maximum absolute atomic E-state index is 14.5. The molecule has 10 heteroatoms. The van der Waals surface area contributed by atoms with Crippen LogP contribution in [-0.2, 0) is 34.0 Å². The van der Waals surface area contributed by atoms with Crippen molar-refractivity contribution < 1.29 is 47.9 Å². The van der Waals surface area contributed by atoms with Gasteiger partial charge in [0, 0.05) is 23.5 Å². The molecule has 1 fully saturated rings. The van der Waals surface area contributed by atoms with Crippen LogP contribution in [0.4, 0.5) is 0 Å². The molecule has 10 nitrogen and oxygen atoms in total. The lowest BCUT2D eigenvalue weighted by molar-refractivity contribution is -0.317. The van der Waals surface area contributed by atoms with Crippen molar-refractivity contribution in [2.24, 2.45) is 5.92 Å². The van der Waals surface area contributed by atoms with Crippen LogP contribution in [0.5, 0.6) is 17.2 Å². The molecule has 0 aromatic heterocycles. The molecule has 6 rings (SSSR count). The minimum absolute atomic E-state index is 0.00129. The van der Waals surface area contributed by atoms with E-state index in [0.717, 1.165) is 0 Å². The Bertz CT molecular complexity index is 1290. The zero-order valence-electron chi connectivity index (χ0n) is 21.6. The molecule has 0 unspecified atom stereocenters. The summed E-state index contributed by atoms with van der Waals surface area (Å²) in [5.74, 6) is -0.0349. The third-order valence-corrected chi connectivity index (χ3v) is 8.91. The number of carbonyl (C=O) groups is 2. The van der Waals surface area contributed by atoms with Gasteiger partial charge < -0.3 is 38.3 Å². The molecule has 2 bridgehead atoms. The molecule has 1 aromatic carbocycles. The summed E-state index contributed by atoms with van der Waals surface area (Å²) in [6.07, 6.45) is -0.291. The number of methoxy groups -OCH3 is 2. The first-order chi connectivity index (χ1) is 17.6. The molecule has 0 amide bonds. The number of ether oxygens (including phenoxy) is 7. The average molecular weight is 515 g/mol. The van der Waals surface area contributed by atoms with E-state index in [0.29, 0.717) is 33.9 Å². The minimum atomic E-state index is -1.60. The number of hydrogen-bond donors (Lipinski definition) is 1. The fourth-order valence-corrected chi connectivity index (χ4v) is 6.68. The fourth-order valence-electron chi connectivity index (χ4n) is 6.68. The molecule has 198 valence electrons. The second-order valence-corrected chi connectivity index (χ2v) is 10.5. The molecular weight excluding hydrogens is 484 g/mol. The molecule has 1 saturated heterocycles. The topological polar surface area (TPSA) is 119 Å².